The Morgan fingerprint density at radius 2 is 1.96 bits per heavy atom. The molecule has 2 aromatic heterocycles. The van der Waals surface area contributed by atoms with Crippen LogP contribution in [0.15, 0.2) is 52.7 Å². The van der Waals surface area contributed by atoms with Crippen LogP contribution in [0.3, 0.4) is 0 Å². The molecule has 0 spiro atoms. The number of fused-ring (bicyclic) bond motifs is 1. The third-order valence-corrected chi connectivity index (χ3v) is 4.01. The van der Waals surface area contributed by atoms with Crippen LogP contribution in [0.4, 0.5) is 5.69 Å². The lowest BCUT2D eigenvalue weighted by Crippen LogP contribution is -2.16. The average Bonchev–Trinajstić information content (AvgIpc) is 2.54. The number of sulfonamides is 1. The summed E-state index contributed by atoms with van der Waals surface area (Å²) in [5.74, 6) is -0.481. The Hall–Kier alpha value is -3.11. The lowest BCUT2D eigenvalue weighted by molar-refractivity contribution is 0.102. The fourth-order valence-electron chi connectivity index (χ4n) is 2.04. The molecule has 10 heteroatoms. The number of nitrogens with two attached hydrogens (primary N) is 1. The van der Waals surface area contributed by atoms with Gasteiger partial charge in [-0.05, 0) is 30.3 Å². The van der Waals surface area contributed by atoms with Crippen LogP contribution in [-0.4, -0.2) is 29.3 Å². The van der Waals surface area contributed by atoms with Crippen molar-refractivity contribution < 1.29 is 13.2 Å². The number of nitrogens with zero attached hydrogens (tertiary/aromatic N) is 2. The summed E-state index contributed by atoms with van der Waals surface area (Å²) in [5.41, 5.74) is 0.646. The number of hydrogen-bond donors (Lipinski definition) is 3. The third kappa shape index (κ3) is 3.14. The molecule has 0 fully saturated rings. The molecule has 0 aliphatic rings. The van der Waals surface area contributed by atoms with E-state index >= 15 is 0 Å². The van der Waals surface area contributed by atoms with Crippen molar-refractivity contribution >= 4 is 32.5 Å². The zero-order chi connectivity index (χ0) is 17.3. The molecule has 0 radical (unpaired) electrons. The van der Waals surface area contributed by atoms with Crippen LogP contribution in [0.2, 0.25) is 0 Å². The Morgan fingerprint density at radius 3 is 2.62 bits per heavy atom. The van der Waals surface area contributed by atoms with Crippen molar-refractivity contribution in [1.29, 1.82) is 0 Å². The fourth-order valence-corrected chi connectivity index (χ4v) is 2.49. The number of hydrogen-bond acceptors (Lipinski definition) is 6. The highest BCUT2D eigenvalue weighted by Gasteiger charge is 2.11. The van der Waals surface area contributed by atoms with Gasteiger partial charge in [-0.3, -0.25) is 9.59 Å². The van der Waals surface area contributed by atoms with Crippen molar-refractivity contribution in [2.75, 3.05) is 5.32 Å². The molecular weight excluding hydrogens is 334 g/mol. The second kappa shape index (κ2) is 5.83. The van der Waals surface area contributed by atoms with E-state index in [9.17, 15) is 18.0 Å². The molecule has 1 amide bonds. The van der Waals surface area contributed by atoms with Gasteiger partial charge < -0.3 is 10.3 Å². The predicted molar refractivity (Wildman–Crippen MR) is 85.9 cm³/mol. The molecule has 0 atom stereocenters. The van der Waals surface area contributed by atoms with Gasteiger partial charge >= 0.3 is 0 Å². The van der Waals surface area contributed by atoms with Gasteiger partial charge in [-0.25, -0.2) is 23.5 Å². The van der Waals surface area contributed by atoms with Crippen LogP contribution >= 0.6 is 0 Å². The van der Waals surface area contributed by atoms with Crippen LogP contribution in [-0.2, 0) is 10.0 Å². The van der Waals surface area contributed by atoms with Crippen LogP contribution in [0.25, 0.3) is 10.9 Å². The highest BCUT2D eigenvalue weighted by Crippen LogP contribution is 2.13. The van der Waals surface area contributed by atoms with Gasteiger partial charge in [0.1, 0.15) is 0 Å². The maximum Gasteiger partial charge on any atom is 0.258 e. The number of nitrogens with one attached hydrogen (secondary N) is 2. The molecule has 0 saturated carbocycles. The zero-order valence-electron chi connectivity index (χ0n) is 12.1. The van der Waals surface area contributed by atoms with Crippen LogP contribution in [0, 0.1) is 0 Å². The first kappa shape index (κ1) is 15.8. The third-order valence-electron chi connectivity index (χ3n) is 3.19. The van der Waals surface area contributed by atoms with Gasteiger partial charge in [0.25, 0.3) is 21.5 Å². The van der Waals surface area contributed by atoms with Crippen LogP contribution in [0.1, 0.15) is 10.4 Å². The summed E-state index contributed by atoms with van der Waals surface area (Å²) in [4.78, 5) is 34.1. The molecule has 4 N–H and O–H groups in total. The van der Waals surface area contributed by atoms with E-state index in [0.29, 0.717) is 5.52 Å². The van der Waals surface area contributed by atoms with Gasteiger partial charge in [0.2, 0.25) is 0 Å². The van der Waals surface area contributed by atoms with Gasteiger partial charge in [-0.15, -0.1) is 0 Å². The SMILES string of the molecule is NS(=O)(=O)c1ccc(NC(=O)c2ccc3nc[nH]c(=O)c3c2)cn1. The lowest BCUT2D eigenvalue weighted by Gasteiger charge is -2.06. The average molecular weight is 345 g/mol. The van der Waals surface area contributed by atoms with E-state index in [1.54, 1.807) is 6.07 Å². The van der Waals surface area contributed by atoms with Crippen LogP contribution in [0.5, 0.6) is 0 Å². The number of anilines is 1. The van der Waals surface area contributed by atoms with E-state index < -0.39 is 15.9 Å². The Morgan fingerprint density at radius 1 is 1.17 bits per heavy atom. The molecule has 24 heavy (non-hydrogen) atoms. The van der Waals surface area contributed by atoms with Crippen molar-refractivity contribution in [2.24, 2.45) is 5.14 Å². The molecule has 0 bridgehead atoms. The minimum Gasteiger partial charge on any atom is -0.321 e. The van der Waals surface area contributed by atoms with E-state index in [1.165, 1.54) is 36.8 Å². The van der Waals surface area contributed by atoms with Gasteiger partial charge in [0.15, 0.2) is 5.03 Å². The normalized spacial score (nSPS) is 11.4. The number of aromatic nitrogens is 3. The van der Waals surface area contributed by atoms with Crippen LogP contribution < -0.4 is 16.0 Å². The Bertz CT molecular complexity index is 1090. The monoisotopic (exact) mass is 345 g/mol. The Kier molecular flexibility index (Phi) is 3.83. The summed E-state index contributed by atoms with van der Waals surface area (Å²) in [5, 5.41) is 7.48. The molecule has 122 valence electrons. The minimum atomic E-state index is -3.90. The van der Waals surface area contributed by atoms with Crippen molar-refractivity contribution in [3.8, 4) is 0 Å². The van der Waals surface area contributed by atoms with E-state index in [1.807, 2.05) is 0 Å². The topological polar surface area (TPSA) is 148 Å². The summed E-state index contributed by atoms with van der Waals surface area (Å²) in [7, 11) is -3.90. The van der Waals surface area contributed by atoms with Gasteiger partial charge in [-0.2, -0.15) is 0 Å². The molecule has 2 heterocycles. The Labute approximate surface area is 135 Å². The highest BCUT2D eigenvalue weighted by molar-refractivity contribution is 7.89. The molecule has 3 aromatic rings. The number of carbonyl (C=O) groups excluding carboxylic acids is 1. The maximum absolute atomic E-state index is 12.2. The van der Waals surface area contributed by atoms with Crippen molar-refractivity contribution in [2.45, 2.75) is 5.03 Å². The summed E-state index contributed by atoms with van der Waals surface area (Å²) >= 11 is 0. The zero-order valence-corrected chi connectivity index (χ0v) is 12.9. The molecule has 0 saturated heterocycles. The number of pyridine rings is 1. The summed E-state index contributed by atoms with van der Waals surface area (Å²) < 4.78 is 22.3. The van der Waals surface area contributed by atoms with Crippen molar-refractivity contribution in [3.63, 3.8) is 0 Å². The van der Waals surface area contributed by atoms with E-state index in [2.05, 4.69) is 20.3 Å². The number of H-pyrrole nitrogens is 1. The van der Waals surface area contributed by atoms with E-state index in [0.717, 1.165) is 0 Å². The number of amides is 1. The van der Waals surface area contributed by atoms with E-state index in [4.69, 9.17) is 5.14 Å². The molecule has 0 unspecified atom stereocenters. The highest BCUT2D eigenvalue weighted by atomic mass is 32.2. The fraction of sp³-hybridized carbons (Fsp3) is 0. The predicted octanol–water partition coefficient (Wildman–Crippen LogP) is 0.218. The standard InChI is InChI=1S/C14H11N5O4S/c15-24(22,23)12-4-2-9(6-16-12)19-13(20)8-1-3-11-10(5-8)14(21)18-7-17-11/h1-7H,(H,19,20)(H2,15,22,23)(H,17,18,21). The minimum absolute atomic E-state index is 0.247. The second-order valence-electron chi connectivity index (χ2n) is 4.85. The van der Waals surface area contributed by atoms with Gasteiger partial charge in [-0.1, -0.05) is 0 Å². The summed E-state index contributed by atoms with van der Waals surface area (Å²) in [6.07, 6.45) is 2.45. The molecule has 3 rings (SSSR count). The maximum atomic E-state index is 12.2. The number of carbonyl (C=O) groups is 1. The van der Waals surface area contributed by atoms with E-state index in [-0.39, 0.29) is 27.2 Å². The quantitative estimate of drug-likeness (QED) is 0.618. The second-order valence-corrected chi connectivity index (χ2v) is 6.36. The number of primary sulfonamides is 1. The summed E-state index contributed by atoms with van der Waals surface area (Å²) in [6.45, 7) is 0. The largest absolute Gasteiger partial charge is 0.321 e. The van der Waals surface area contributed by atoms with Gasteiger partial charge in [0, 0.05) is 5.56 Å². The lowest BCUT2D eigenvalue weighted by atomic mass is 10.1. The molecular formula is C14H11N5O4S. The van der Waals surface area contributed by atoms with Gasteiger partial charge in [0.05, 0.1) is 29.1 Å². The number of benzene rings is 1. The smallest absolute Gasteiger partial charge is 0.258 e. The molecule has 0 aliphatic carbocycles. The molecule has 1 aromatic carbocycles. The molecule has 0 aliphatic heterocycles. The first-order chi connectivity index (χ1) is 11.3. The number of rotatable bonds is 3. The first-order valence-corrected chi connectivity index (χ1v) is 8.17. The van der Waals surface area contributed by atoms with Crippen molar-refractivity contribution in [1.82, 2.24) is 15.0 Å². The Balaban J connectivity index is 1.87. The first-order valence-electron chi connectivity index (χ1n) is 6.62. The molecule has 9 nitrogen and oxygen atoms in total. The summed E-state index contributed by atoms with van der Waals surface area (Å²) in [6, 6.07) is 7.04. The van der Waals surface area contributed by atoms with Crippen molar-refractivity contribution in [3.05, 3.63) is 58.8 Å². The number of aromatic amines is 1.